The first-order chi connectivity index (χ1) is 48.5. The average molecular weight is 1410 g/mol. The molecule has 3 aromatic carbocycles. The number of benzene rings is 3. The predicted molar refractivity (Wildman–Crippen MR) is 358 cm³/mol. The van der Waals surface area contributed by atoms with Gasteiger partial charge in [0, 0.05) is 66.3 Å². The van der Waals surface area contributed by atoms with Gasteiger partial charge in [0.25, 0.3) is 0 Å². The van der Waals surface area contributed by atoms with E-state index < -0.39 is 177 Å². The summed E-state index contributed by atoms with van der Waals surface area (Å²) in [6.07, 6.45) is -18.0. The molecule has 30 heteroatoms. The number of hydrogen-bond donors (Lipinski definition) is 0. The third-order valence-electron chi connectivity index (χ3n) is 20.2. The Balaban J connectivity index is 0.966. The van der Waals surface area contributed by atoms with Crippen molar-refractivity contribution in [3.8, 4) is 0 Å². The van der Waals surface area contributed by atoms with Crippen molar-refractivity contribution in [3.63, 3.8) is 0 Å². The van der Waals surface area contributed by atoms with Crippen molar-refractivity contribution in [1.29, 1.82) is 0 Å². The topological polar surface area (TPSA) is 364 Å². The van der Waals surface area contributed by atoms with Crippen LogP contribution in [0.25, 0.3) is 31.3 Å². The molecule has 6 aliphatic rings. The van der Waals surface area contributed by atoms with Crippen molar-refractivity contribution in [2.45, 2.75) is 251 Å². The quantitative estimate of drug-likeness (QED) is 0.0205. The first-order valence-electron chi connectivity index (χ1n) is 34.8. The van der Waals surface area contributed by atoms with E-state index in [-0.39, 0.29) is 57.1 Å². The first kappa shape index (κ1) is 78.5. The number of methoxy groups -OCH3 is 1. The van der Waals surface area contributed by atoms with E-state index in [1.54, 1.807) is 13.8 Å². The minimum absolute atomic E-state index is 0.000817. The molecule has 554 valence electrons. The van der Waals surface area contributed by atoms with Crippen LogP contribution in [0.5, 0.6) is 0 Å². The van der Waals surface area contributed by atoms with E-state index in [9.17, 15) is 31.0 Å². The van der Waals surface area contributed by atoms with Crippen molar-refractivity contribution in [3.05, 3.63) is 139 Å². The second-order valence-corrected chi connectivity index (χ2v) is 27.3. The van der Waals surface area contributed by atoms with Crippen LogP contribution in [0.15, 0.2) is 106 Å². The smallest absolute Gasteiger partial charge is 0.302 e. The molecule has 0 aromatic heterocycles. The van der Waals surface area contributed by atoms with Gasteiger partial charge in [-0.2, -0.15) is 0 Å². The van der Waals surface area contributed by atoms with Crippen LogP contribution in [-0.2, 0) is 119 Å². The van der Waals surface area contributed by atoms with Crippen LogP contribution in [0.1, 0.15) is 107 Å². The SMILES string of the molecule is COC1OC(COC(C)=O)[C@@H](O[C@@H]2OC(C)[C@H](O[C@@H]3OC(COC(C)=O)[C@@H](O[C@@H]4OC(C)C(O[C@H]5OC(COC(C)=O)[C@@H](O[C@@H]6OC(C)[C@@H](C)[C@@H](OCc7ccccc7)C6C)[C@H](C)C5N=[N+]=[N-])[C@@H](OCc5ccccc5)C4C)[C@H](C)C3N=[N+]=[N-])[C@@H](OCc3ccccc3)C2C)[C@H](C)C1N=[N+]=[N-]. The highest BCUT2D eigenvalue weighted by Crippen LogP contribution is 2.44. The molecule has 30 nitrogen and oxygen atoms in total. The van der Waals surface area contributed by atoms with Gasteiger partial charge in [-0.3, -0.25) is 14.4 Å². The molecular formula is C71H99N9O21. The van der Waals surface area contributed by atoms with Crippen LogP contribution >= 0.6 is 0 Å². The Morgan fingerprint density at radius 1 is 0.356 bits per heavy atom. The van der Waals surface area contributed by atoms with E-state index in [2.05, 4.69) is 37.0 Å². The van der Waals surface area contributed by atoms with Crippen LogP contribution in [0.4, 0.5) is 0 Å². The minimum Gasteiger partial charge on any atom is -0.463 e. The van der Waals surface area contributed by atoms with Gasteiger partial charge in [-0.05, 0) is 71.8 Å². The molecule has 6 aliphatic heterocycles. The molecule has 0 spiro atoms. The number of esters is 3. The second kappa shape index (κ2) is 37.2. The van der Waals surface area contributed by atoms with Gasteiger partial charge in [0.2, 0.25) is 0 Å². The summed E-state index contributed by atoms with van der Waals surface area (Å²) in [5.41, 5.74) is 32.9. The largest absolute Gasteiger partial charge is 0.463 e. The molecule has 6 fully saturated rings. The first-order valence-corrected chi connectivity index (χ1v) is 34.8. The molecule has 6 heterocycles. The summed E-state index contributed by atoms with van der Waals surface area (Å²) in [5.74, 6) is -5.22. The summed E-state index contributed by atoms with van der Waals surface area (Å²) in [6.45, 7) is 22.5. The molecule has 30 atom stereocenters. The number of carbonyl (C=O) groups is 3. The van der Waals surface area contributed by atoms with Gasteiger partial charge in [-0.25, -0.2) is 0 Å². The van der Waals surface area contributed by atoms with Crippen LogP contribution in [-0.4, -0.2) is 186 Å². The summed E-state index contributed by atoms with van der Waals surface area (Å²) in [4.78, 5) is 47.1. The van der Waals surface area contributed by atoms with Crippen LogP contribution < -0.4 is 0 Å². The zero-order valence-electron chi connectivity index (χ0n) is 59.8. The molecule has 3 aromatic rings. The van der Waals surface area contributed by atoms with E-state index in [1.165, 1.54) is 27.9 Å². The Bertz CT molecular complexity index is 3270. The number of nitrogens with zero attached hydrogens (tertiary/aromatic N) is 9. The van der Waals surface area contributed by atoms with Gasteiger partial charge in [0.15, 0.2) is 37.7 Å². The Hall–Kier alpha value is -6.60. The predicted octanol–water partition coefficient (Wildman–Crippen LogP) is 10.9. The number of ether oxygens (including phenoxy) is 18. The lowest BCUT2D eigenvalue weighted by molar-refractivity contribution is -0.370. The lowest BCUT2D eigenvalue weighted by atomic mass is 9.85. The fourth-order valence-corrected chi connectivity index (χ4v) is 14.4. The Morgan fingerprint density at radius 2 is 0.644 bits per heavy atom. The highest BCUT2D eigenvalue weighted by Gasteiger charge is 2.57. The number of azide groups is 3. The standard InChI is InChI=1S/C71H99N9O21/c1-36-43(8)91-66(40(5)58(36)88-30-49-24-18-15-19-25-49)97-60-38(3)56(76-79-73)70(95-53(60)34-86-47(12)82)100-65-45(10)93-68(42(7)63(65)90-32-51-28-22-17-23-29-51)99-61-39(4)57(77-80-74)71(96-54(61)35-87-48(13)83)101-64-44(9)92-67(41(6)62(64)89-31-50-26-20-16-21-27-50)98-59-37(2)55(75-78-72)69(84-14)94-52(59)33-85-46(11)81/h15-29,36-45,52-71H,30-35H2,1-14H3/t36-,37-,38-,39-,40?,41?,42?,43?,44?,45?,52?,53?,54?,55?,56?,57?,58-,59+,60+,61+,62+,63+,64+,65?,66+,67+,68+,69?,70-,71+/m1/s1. The van der Waals surface area contributed by atoms with Gasteiger partial charge < -0.3 is 85.3 Å². The van der Waals surface area contributed by atoms with Gasteiger partial charge in [0.05, 0.1) is 92.9 Å². The molecule has 0 amide bonds. The Morgan fingerprint density at radius 3 is 0.960 bits per heavy atom. The van der Waals surface area contributed by atoms with Crippen molar-refractivity contribution in [2.24, 2.45) is 56.8 Å². The molecular weight excluding hydrogens is 1310 g/mol. The van der Waals surface area contributed by atoms with E-state index in [4.69, 9.17) is 85.3 Å². The van der Waals surface area contributed by atoms with E-state index in [0.717, 1.165) is 16.7 Å². The molecule has 0 radical (unpaired) electrons. The summed E-state index contributed by atoms with van der Waals surface area (Å²) in [6, 6.07) is 26.0. The van der Waals surface area contributed by atoms with Crippen LogP contribution in [0.3, 0.4) is 0 Å². The maximum absolute atomic E-state index is 12.8. The van der Waals surface area contributed by atoms with Crippen molar-refractivity contribution >= 4 is 17.9 Å². The average Bonchev–Trinajstić information content (AvgIpc) is 0.777. The summed E-state index contributed by atoms with van der Waals surface area (Å²) >= 11 is 0. The van der Waals surface area contributed by atoms with Gasteiger partial charge >= 0.3 is 17.9 Å². The molecule has 0 N–H and O–H groups in total. The zero-order chi connectivity index (χ0) is 72.6. The summed E-state index contributed by atoms with van der Waals surface area (Å²) in [7, 11) is 1.42. The lowest BCUT2D eigenvalue weighted by Crippen LogP contribution is -2.64. The lowest BCUT2D eigenvalue weighted by Gasteiger charge is -2.52. The van der Waals surface area contributed by atoms with Crippen molar-refractivity contribution in [2.75, 3.05) is 26.9 Å². The molecule has 6 saturated heterocycles. The van der Waals surface area contributed by atoms with Crippen LogP contribution in [0.2, 0.25) is 0 Å². The minimum atomic E-state index is -1.33. The molecule has 0 saturated carbocycles. The molecule has 101 heavy (non-hydrogen) atoms. The van der Waals surface area contributed by atoms with Gasteiger partial charge in [-0.1, -0.05) is 155 Å². The summed E-state index contributed by atoms with van der Waals surface area (Å²) < 4.78 is 118. The van der Waals surface area contributed by atoms with Crippen molar-refractivity contribution < 1.29 is 99.6 Å². The van der Waals surface area contributed by atoms with Crippen LogP contribution in [0, 0.1) is 41.4 Å². The van der Waals surface area contributed by atoms with Crippen molar-refractivity contribution in [1.82, 2.24) is 0 Å². The normalized spacial score (nSPS) is 38.7. The monoisotopic (exact) mass is 1410 g/mol. The van der Waals surface area contributed by atoms with E-state index >= 15 is 0 Å². The fourth-order valence-electron chi connectivity index (χ4n) is 14.4. The zero-order valence-corrected chi connectivity index (χ0v) is 59.8. The Kier molecular flexibility index (Phi) is 28.9. The van der Waals surface area contributed by atoms with Gasteiger partial charge in [0.1, 0.15) is 50.3 Å². The Labute approximate surface area is 589 Å². The molecule has 14 unspecified atom stereocenters. The summed E-state index contributed by atoms with van der Waals surface area (Å²) in [5, 5.41) is 12.6. The molecule has 0 bridgehead atoms. The number of carbonyl (C=O) groups excluding carboxylic acids is 3. The number of hydrogen-bond acceptors (Lipinski definition) is 24. The maximum atomic E-state index is 12.8. The molecule has 9 rings (SSSR count). The van der Waals surface area contributed by atoms with E-state index in [0.29, 0.717) is 6.61 Å². The maximum Gasteiger partial charge on any atom is 0.302 e. The third kappa shape index (κ3) is 19.8. The highest BCUT2D eigenvalue weighted by molar-refractivity contribution is 5.66. The second-order valence-electron chi connectivity index (χ2n) is 27.3. The fraction of sp³-hybridized carbons (Fsp3) is 0.704. The molecule has 0 aliphatic carbocycles. The van der Waals surface area contributed by atoms with E-state index in [1.807, 2.05) is 139 Å². The highest BCUT2D eigenvalue weighted by atomic mass is 16.8. The number of rotatable bonds is 29. The third-order valence-corrected chi connectivity index (χ3v) is 20.2. The van der Waals surface area contributed by atoms with Gasteiger partial charge in [-0.15, -0.1) is 0 Å².